The molecule has 2 nitrogen and oxygen atoms in total. The van der Waals surface area contributed by atoms with E-state index >= 15 is 0 Å². The second-order valence-electron chi connectivity index (χ2n) is 5.23. The predicted molar refractivity (Wildman–Crippen MR) is 75.9 cm³/mol. The number of anilines is 1. The number of Topliss-reactive ketones (excluding diaryl/α,β-unsaturated/α-hetero) is 1. The summed E-state index contributed by atoms with van der Waals surface area (Å²) >= 11 is 5.97. The quantitative estimate of drug-likeness (QED) is 0.653. The van der Waals surface area contributed by atoms with Gasteiger partial charge in [0.1, 0.15) is 0 Å². The van der Waals surface area contributed by atoms with Crippen LogP contribution in [0.4, 0.5) is 5.69 Å². The average molecular weight is 266 g/mol. The van der Waals surface area contributed by atoms with Gasteiger partial charge in [-0.05, 0) is 49.8 Å². The first kappa shape index (κ1) is 13.4. The zero-order valence-electron chi connectivity index (χ0n) is 10.8. The fourth-order valence-electron chi connectivity index (χ4n) is 2.75. The Hall–Kier alpha value is -1.02. The number of nitrogens with two attached hydrogens (primary N) is 1. The highest BCUT2D eigenvalue weighted by atomic mass is 35.5. The fraction of sp³-hybridized carbons (Fsp3) is 0.533. The molecule has 0 radical (unpaired) electrons. The maximum atomic E-state index is 12.4. The smallest absolute Gasteiger partial charge is 0.165 e. The Balaban J connectivity index is 2.05. The Morgan fingerprint density at radius 3 is 2.56 bits per heavy atom. The lowest BCUT2D eigenvalue weighted by Crippen LogP contribution is -2.21. The van der Waals surface area contributed by atoms with Gasteiger partial charge < -0.3 is 5.73 Å². The number of benzene rings is 1. The summed E-state index contributed by atoms with van der Waals surface area (Å²) in [5.74, 6) is 1.21. The molecule has 1 aliphatic carbocycles. The predicted octanol–water partition coefficient (Wildman–Crippen LogP) is 4.32. The highest BCUT2D eigenvalue weighted by Crippen LogP contribution is 2.33. The zero-order chi connectivity index (χ0) is 13.1. The molecular weight excluding hydrogens is 246 g/mol. The van der Waals surface area contributed by atoms with Gasteiger partial charge in [-0.25, -0.2) is 0 Å². The van der Waals surface area contributed by atoms with Crippen molar-refractivity contribution in [1.82, 2.24) is 0 Å². The Kier molecular flexibility index (Phi) is 4.28. The van der Waals surface area contributed by atoms with Crippen molar-refractivity contribution in [2.75, 3.05) is 5.73 Å². The SMILES string of the molecule is CCC1CCC(C(=O)c2ccc(N)c(Cl)c2)CC1. The lowest BCUT2D eigenvalue weighted by Gasteiger charge is -2.26. The summed E-state index contributed by atoms with van der Waals surface area (Å²) in [5, 5.41) is 0.475. The summed E-state index contributed by atoms with van der Waals surface area (Å²) < 4.78 is 0. The molecule has 1 saturated carbocycles. The largest absolute Gasteiger partial charge is 0.398 e. The molecule has 2 N–H and O–H groups in total. The van der Waals surface area contributed by atoms with Crippen molar-refractivity contribution in [3.63, 3.8) is 0 Å². The van der Waals surface area contributed by atoms with Gasteiger partial charge in [-0.3, -0.25) is 4.79 Å². The summed E-state index contributed by atoms with van der Waals surface area (Å²) in [4.78, 5) is 12.4. The molecule has 0 unspecified atom stereocenters. The third-order valence-electron chi connectivity index (χ3n) is 4.08. The minimum Gasteiger partial charge on any atom is -0.398 e. The summed E-state index contributed by atoms with van der Waals surface area (Å²) in [6.07, 6.45) is 5.61. The topological polar surface area (TPSA) is 43.1 Å². The van der Waals surface area contributed by atoms with E-state index in [1.165, 1.54) is 19.3 Å². The van der Waals surface area contributed by atoms with Crippen molar-refractivity contribution in [3.05, 3.63) is 28.8 Å². The van der Waals surface area contributed by atoms with Crippen LogP contribution in [0, 0.1) is 11.8 Å². The zero-order valence-corrected chi connectivity index (χ0v) is 11.5. The summed E-state index contributed by atoms with van der Waals surface area (Å²) in [7, 11) is 0. The average Bonchev–Trinajstić information content (AvgIpc) is 2.41. The van der Waals surface area contributed by atoms with E-state index in [1.54, 1.807) is 18.2 Å². The van der Waals surface area contributed by atoms with Crippen LogP contribution in [0.5, 0.6) is 0 Å². The molecule has 1 aromatic rings. The van der Waals surface area contributed by atoms with Gasteiger partial charge in [-0.1, -0.05) is 24.9 Å². The minimum atomic E-state index is 0.174. The van der Waals surface area contributed by atoms with E-state index in [9.17, 15) is 4.79 Å². The standard InChI is InChI=1S/C15H20ClNO/c1-2-10-3-5-11(6-4-10)15(18)12-7-8-14(17)13(16)9-12/h7-11H,2-6,17H2,1H3. The van der Waals surface area contributed by atoms with Gasteiger partial charge in [0.25, 0.3) is 0 Å². The van der Waals surface area contributed by atoms with Gasteiger partial charge in [-0.15, -0.1) is 0 Å². The maximum absolute atomic E-state index is 12.4. The molecule has 1 aliphatic rings. The van der Waals surface area contributed by atoms with Gasteiger partial charge in [0.2, 0.25) is 0 Å². The van der Waals surface area contributed by atoms with Crippen molar-refractivity contribution in [2.45, 2.75) is 39.0 Å². The monoisotopic (exact) mass is 265 g/mol. The summed E-state index contributed by atoms with van der Waals surface area (Å²) in [6.45, 7) is 2.23. The van der Waals surface area contributed by atoms with Crippen molar-refractivity contribution in [1.29, 1.82) is 0 Å². The van der Waals surface area contributed by atoms with Gasteiger partial charge in [-0.2, -0.15) is 0 Å². The van der Waals surface area contributed by atoms with Gasteiger partial charge in [0.15, 0.2) is 5.78 Å². The number of halogens is 1. The second-order valence-corrected chi connectivity index (χ2v) is 5.63. The number of nitrogen functional groups attached to an aromatic ring is 1. The van der Waals surface area contributed by atoms with Crippen LogP contribution in [-0.4, -0.2) is 5.78 Å². The van der Waals surface area contributed by atoms with E-state index in [-0.39, 0.29) is 11.7 Å². The van der Waals surface area contributed by atoms with Crippen LogP contribution < -0.4 is 5.73 Å². The van der Waals surface area contributed by atoms with Crippen LogP contribution in [0.1, 0.15) is 49.4 Å². The molecule has 0 aliphatic heterocycles. The Morgan fingerprint density at radius 1 is 1.33 bits per heavy atom. The Bertz CT molecular complexity index is 436. The molecule has 0 aromatic heterocycles. The van der Waals surface area contributed by atoms with E-state index in [2.05, 4.69) is 6.92 Å². The molecular formula is C15H20ClNO. The number of rotatable bonds is 3. The van der Waals surface area contributed by atoms with Crippen molar-refractivity contribution in [2.24, 2.45) is 11.8 Å². The third kappa shape index (κ3) is 2.86. The van der Waals surface area contributed by atoms with Crippen molar-refractivity contribution < 1.29 is 4.79 Å². The molecule has 98 valence electrons. The van der Waals surface area contributed by atoms with E-state index in [0.717, 1.165) is 18.8 Å². The fourth-order valence-corrected chi connectivity index (χ4v) is 2.93. The number of ketones is 1. The normalized spacial score (nSPS) is 23.9. The van der Waals surface area contributed by atoms with Crippen LogP contribution in [0.3, 0.4) is 0 Å². The van der Waals surface area contributed by atoms with Gasteiger partial charge >= 0.3 is 0 Å². The minimum absolute atomic E-state index is 0.174. The lowest BCUT2D eigenvalue weighted by molar-refractivity contribution is 0.0871. The first-order chi connectivity index (χ1) is 8.61. The summed E-state index contributed by atoms with van der Waals surface area (Å²) in [5.41, 5.74) is 6.89. The van der Waals surface area contributed by atoms with Crippen LogP contribution in [0.2, 0.25) is 5.02 Å². The molecule has 2 rings (SSSR count). The molecule has 0 amide bonds. The van der Waals surface area contributed by atoms with E-state index in [4.69, 9.17) is 17.3 Å². The number of hydrogen-bond donors (Lipinski definition) is 1. The number of hydrogen-bond acceptors (Lipinski definition) is 2. The second kappa shape index (κ2) is 5.75. The van der Waals surface area contributed by atoms with Gasteiger partial charge in [0, 0.05) is 11.5 Å². The molecule has 1 aromatic carbocycles. The Labute approximate surface area is 114 Å². The molecule has 0 heterocycles. The molecule has 0 saturated heterocycles. The van der Waals surface area contributed by atoms with E-state index in [1.807, 2.05) is 0 Å². The molecule has 1 fully saturated rings. The summed E-state index contributed by atoms with van der Waals surface area (Å²) in [6, 6.07) is 5.20. The van der Waals surface area contributed by atoms with Crippen molar-refractivity contribution in [3.8, 4) is 0 Å². The van der Waals surface area contributed by atoms with Crippen LogP contribution in [0.25, 0.3) is 0 Å². The van der Waals surface area contributed by atoms with Crippen LogP contribution in [-0.2, 0) is 0 Å². The lowest BCUT2D eigenvalue weighted by atomic mass is 9.78. The van der Waals surface area contributed by atoms with Crippen LogP contribution >= 0.6 is 11.6 Å². The molecule has 0 spiro atoms. The first-order valence-electron chi connectivity index (χ1n) is 6.71. The van der Waals surface area contributed by atoms with E-state index < -0.39 is 0 Å². The number of carbonyl (C=O) groups is 1. The molecule has 18 heavy (non-hydrogen) atoms. The van der Waals surface area contributed by atoms with Gasteiger partial charge in [0.05, 0.1) is 10.7 Å². The highest BCUT2D eigenvalue weighted by Gasteiger charge is 2.26. The van der Waals surface area contributed by atoms with E-state index in [0.29, 0.717) is 16.3 Å². The van der Waals surface area contributed by atoms with Crippen LogP contribution in [0.15, 0.2) is 18.2 Å². The molecule has 0 atom stereocenters. The molecule has 3 heteroatoms. The third-order valence-corrected chi connectivity index (χ3v) is 4.41. The number of carbonyl (C=O) groups excluding carboxylic acids is 1. The highest BCUT2D eigenvalue weighted by molar-refractivity contribution is 6.33. The van der Waals surface area contributed by atoms with Crippen molar-refractivity contribution >= 4 is 23.1 Å². The molecule has 0 bridgehead atoms. The first-order valence-corrected chi connectivity index (χ1v) is 7.08. The maximum Gasteiger partial charge on any atom is 0.165 e. The Morgan fingerprint density at radius 2 is 2.00 bits per heavy atom.